The number of hydrogen-bond acceptors (Lipinski definition) is 4. The molecule has 0 aliphatic carbocycles. The van der Waals surface area contributed by atoms with Gasteiger partial charge in [0, 0.05) is 38.2 Å². The first-order valence-corrected chi connectivity index (χ1v) is 8.54. The smallest absolute Gasteiger partial charge is 0.244 e. The summed E-state index contributed by atoms with van der Waals surface area (Å²) in [6.07, 6.45) is 4.72. The van der Waals surface area contributed by atoms with E-state index >= 15 is 0 Å². The van der Waals surface area contributed by atoms with Gasteiger partial charge in [0.15, 0.2) is 0 Å². The average Bonchev–Trinajstić information content (AvgIpc) is 3.15. The second-order valence-corrected chi connectivity index (χ2v) is 5.68. The average molecular weight is 356 g/mol. The van der Waals surface area contributed by atoms with Crippen LogP contribution in [0.1, 0.15) is 24.7 Å². The maximum absolute atomic E-state index is 12.2. The van der Waals surface area contributed by atoms with E-state index in [0.29, 0.717) is 18.9 Å². The molecule has 138 valence electrons. The summed E-state index contributed by atoms with van der Waals surface area (Å²) in [4.78, 5) is 25.6. The van der Waals surface area contributed by atoms with Crippen LogP contribution in [0.4, 0.5) is 0 Å². The molecule has 0 atom stereocenters. The highest BCUT2D eigenvalue weighted by molar-refractivity contribution is 5.91. The highest BCUT2D eigenvalue weighted by Crippen LogP contribution is 2.19. The summed E-state index contributed by atoms with van der Waals surface area (Å²) in [5.41, 5.74) is 0.954. The maximum Gasteiger partial charge on any atom is 0.244 e. The predicted octanol–water partition coefficient (Wildman–Crippen LogP) is 2.86. The van der Waals surface area contributed by atoms with Crippen molar-refractivity contribution >= 4 is 17.9 Å². The molecule has 6 heteroatoms. The Morgan fingerprint density at radius 1 is 1.23 bits per heavy atom. The first-order valence-electron chi connectivity index (χ1n) is 8.54. The summed E-state index contributed by atoms with van der Waals surface area (Å²) in [5, 5.41) is 2.69. The van der Waals surface area contributed by atoms with Crippen molar-refractivity contribution in [2.75, 3.05) is 20.2 Å². The van der Waals surface area contributed by atoms with E-state index in [1.54, 1.807) is 30.2 Å². The van der Waals surface area contributed by atoms with Gasteiger partial charge in [-0.05, 0) is 31.2 Å². The number of rotatable bonds is 9. The van der Waals surface area contributed by atoms with Crippen molar-refractivity contribution in [3.8, 4) is 5.75 Å². The molecule has 0 aliphatic rings. The third kappa shape index (κ3) is 6.12. The largest absolute Gasteiger partial charge is 0.494 e. The van der Waals surface area contributed by atoms with E-state index in [0.717, 1.165) is 11.3 Å². The van der Waals surface area contributed by atoms with Crippen molar-refractivity contribution in [3.63, 3.8) is 0 Å². The normalized spacial score (nSPS) is 10.7. The van der Waals surface area contributed by atoms with Crippen molar-refractivity contribution < 1.29 is 18.7 Å². The van der Waals surface area contributed by atoms with Crippen LogP contribution in [0, 0.1) is 0 Å². The number of benzene rings is 1. The van der Waals surface area contributed by atoms with Crippen LogP contribution < -0.4 is 10.1 Å². The number of para-hydroxylation sites is 1. The minimum Gasteiger partial charge on any atom is -0.494 e. The minimum atomic E-state index is -0.265. The molecule has 26 heavy (non-hydrogen) atoms. The fourth-order valence-corrected chi connectivity index (χ4v) is 2.36. The highest BCUT2D eigenvalue weighted by atomic mass is 16.5. The van der Waals surface area contributed by atoms with Crippen LogP contribution in [0.2, 0.25) is 0 Å². The molecule has 1 N–H and O–H groups in total. The van der Waals surface area contributed by atoms with Gasteiger partial charge < -0.3 is 19.4 Å². The summed E-state index contributed by atoms with van der Waals surface area (Å²) >= 11 is 0. The number of hydrogen-bond donors (Lipinski definition) is 1. The molecule has 0 saturated heterocycles. The topological polar surface area (TPSA) is 71.8 Å². The molecule has 2 amide bonds. The standard InChI is InChI=1S/C20H24N2O4/c1-3-25-18-9-5-4-7-16(18)15-22(2)20(24)12-13-21-19(23)11-10-17-8-6-14-26-17/h4-11,14H,3,12-13,15H2,1-2H3,(H,21,23)/b11-10+. The van der Waals surface area contributed by atoms with E-state index in [1.807, 2.05) is 31.2 Å². The van der Waals surface area contributed by atoms with Gasteiger partial charge in [0.05, 0.1) is 12.9 Å². The zero-order chi connectivity index (χ0) is 18.8. The summed E-state index contributed by atoms with van der Waals surface area (Å²) in [6, 6.07) is 11.2. The van der Waals surface area contributed by atoms with Crippen LogP contribution in [-0.4, -0.2) is 36.9 Å². The van der Waals surface area contributed by atoms with E-state index in [1.165, 1.54) is 12.3 Å². The fraction of sp³-hybridized carbons (Fsp3) is 0.300. The zero-order valence-electron chi connectivity index (χ0n) is 15.1. The molecule has 0 radical (unpaired) electrons. The van der Waals surface area contributed by atoms with Crippen LogP contribution in [0.15, 0.2) is 53.2 Å². The number of carbonyl (C=O) groups is 2. The molecule has 0 spiro atoms. The van der Waals surface area contributed by atoms with Crippen molar-refractivity contribution in [2.24, 2.45) is 0 Å². The SMILES string of the molecule is CCOc1ccccc1CN(C)C(=O)CCNC(=O)/C=C/c1ccco1. The summed E-state index contributed by atoms with van der Waals surface area (Å²) in [6.45, 7) is 3.24. The van der Waals surface area contributed by atoms with E-state index < -0.39 is 0 Å². The van der Waals surface area contributed by atoms with Gasteiger partial charge in [-0.2, -0.15) is 0 Å². The summed E-state index contributed by atoms with van der Waals surface area (Å²) in [5.74, 6) is 1.07. The first kappa shape index (κ1) is 19.3. The molecule has 6 nitrogen and oxygen atoms in total. The second-order valence-electron chi connectivity index (χ2n) is 5.68. The minimum absolute atomic E-state index is 0.0494. The fourth-order valence-electron chi connectivity index (χ4n) is 2.36. The Labute approximate surface area is 153 Å². The van der Waals surface area contributed by atoms with E-state index in [4.69, 9.17) is 9.15 Å². The monoisotopic (exact) mass is 356 g/mol. The molecule has 0 fully saturated rings. The number of ether oxygens (including phenoxy) is 1. The van der Waals surface area contributed by atoms with Crippen LogP contribution in [-0.2, 0) is 16.1 Å². The molecule has 1 heterocycles. The van der Waals surface area contributed by atoms with Gasteiger partial charge in [0.1, 0.15) is 11.5 Å². The zero-order valence-corrected chi connectivity index (χ0v) is 15.1. The lowest BCUT2D eigenvalue weighted by Crippen LogP contribution is -2.31. The number of nitrogens with one attached hydrogen (secondary N) is 1. The molecule has 2 aromatic rings. The van der Waals surface area contributed by atoms with Gasteiger partial charge >= 0.3 is 0 Å². The van der Waals surface area contributed by atoms with Crippen LogP contribution in [0.5, 0.6) is 5.75 Å². The molecule has 0 saturated carbocycles. The van der Waals surface area contributed by atoms with Crippen LogP contribution >= 0.6 is 0 Å². The van der Waals surface area contributed by atoms with Gasteiger partial charge in [-0.3, -0.25) is 9.59 Å². The number of amides is 2. The Bertz CT molecular complexity index is 738. The molecular weight excluding hydrogens is 332 g/mol. The lowest BCUT2D eigenvalue weighted by molar-refractivity contribution is -0.130. The van der Waals surface area contributed by atoms with Crippen LogP contribution in [0.3, 0.4) is 0 Å². The van der Waals surface area contributed by atoms with Gasteiger partial charge in [-0.1, -0.05) is 18.2 Å². The van der Waals surface area contributed by atoms with Crippen molar-refractivity contribution in [1.82, 2.24) is 10.2 Å². The van der Waals surface area contributed by atoms with Gasteiger partial charge in [-0.25, -0.2) is 0 Å². The van der Waals surface area contributed by atoms with Gasteiger partial charge in [-0.15, -0.1) is 0 Å². The van der Waals surface area contributed by atoms with E-state index in [2.05, 4.69) is 5.32 Å². The highest BCUT2D eigenvalue weighted by Gasteiger charge is 2.12. The van der Waals surface area contributed by atoms with Gasteiger partial charge in [0.25, 0.3) is 0 Å². The van der Waals surface area contributed by atoms with Gasteiger partial charge in [0.2, 0.25) is 11.8 Å². The molecule has 1 aromatic heterocycles. The van der Waals surface area contributed by atoms with Crippen molar-refractivity contribution in [3.05, 3.63) is 60.1 Å². The molecule has 0 unspecified atom stereocenters. The Morgan fingerprint density at radius 2 is 2.04 bits per heavy atom. The molecule has 1 aromatic carbocycles. The number of furan rings is 1. The molecule has 0 bridgehead atoms. The quantitative estimate of drug-likeness (QED) is 0.701. The van der Waals surface area contributed by atoms with E-state index in [9.17, 15) is 9.59 Å². The third-order valence-electron chi connectivity index (χ3n) is 3.69. The molecule has 0 aliphatic heterocycles. The Kier molecular flexibility index (Phi) is 7.49. The Hall–Kier alpha value is -3.02. The second kappa shape index (κ2) is 10.1. The van der Waals surface area contributed by atoms with Crippen molar-refractivity contribution in [2.45, 2.75) is 19.9 Å². The molecule has 2 rings (SSSR count). The summed E-state index contributed by atoms with van der Waals surface area (Å²) < 4.78 is 10.7. The van der Waals surface area contributed by atoms with E-state index in [-0.39, 0.29) is 24.8 Å². The van der Waals surface area contributed by atoms with Crippen molar-refractivity contribution in [1.29, 1.82) is 0 Å². The Morgan fingerprint density at radius 3 is 2.77 bits per heavy atom. The lowest BCUT2D eigenvalue weighted by atomic mass is 10.2. The van der Waals surface area contributed by atoms with Crippen LogP contribution in [0.25, 0.3) is 6.08 Å². The molecular formula is C20H24N2O4. The number of nitrogens with zero attached hydrogens (tertiary/aromatic N) is 1. The third-order valence-corrected chi connectivity index (χ3v) is 3.69. The number of carbonyl (C=O) groups excluding carboxylic acids is 2. The predicted molar refractivity (Wildman–Crippen MR) is 99.5 cm³/mol. The first-order chi connectivity index (χ1) is 12.6. The maximum atomic E-state index is 12.2. The summed E-state index contributed by atoms with van der Waals surface area (Å²) in [7, 11) is 1.74. The Balaban J connectivity index is 1.76. The lowest BCUT2D eigenvalue weighted by Gasteiger charge is -2.19.